The lowest BCUT2D eigenvalue weighted by Gasteiger charge is -2.32. The molecule has 10 heteroatoms. The van der Waals surface area contributed by atoms with Crippen molar-refractivity contribution >= 4 is 31.9 Å². The number of amides is 2. The standard InChI is InChI=1S/C19H18N2O6S2/c22-18(21-19(23)16-10-4-5-11-17(16)29(21,26)27)14-7-6-12-20(13-14)28(24,25)15-8-2-1-3-9-15/h1-5,8-11,14H,6-7,12-13H2/t14-/m1/s1. The number of hydrogen-bond acceptors (Lipinski definition) is 6. The normalized spacial score (nSPS) is 21.7. The van der Waals surface area contributed by atoms with Gasteiger partial charge in [0.2, 0.25) is 15.9 Å². The van der Waals surface area contributed by atoms with Crippen LogP contribution in [0.1, 0.15) is 23.2 Å². The summed E-state index contributed by atoms with van der Waals surface area (Å²) >= 11 is 0. The molecule has 2 heterocycles. The number of benzene rings is 2. The van der Waals surface area contributed by atoms with E-state index in [1.165, 1.54) is 40.7 Å². The minimum absolute atomic E-state index is 0.0505. The van der Waals surface area contributed by atoms with E-state index in [2.05, 4.69) is 0 Å². The van der Waals surface area contributed by atoms with Gasteiger partial charge in [-0.05, 0) is 37.1 Å². The molecule has 0 unspecified atom stereocenters. The Morgan fingerprint density at radius 2 is 1.66 bits per heavy atom. The fraction of sp³-hybridized carbons (Fsp3) is 0.263. The van der Waals surface area contributed by atoms with Crippen LogP contribution in [0.15, 0.2) is 64.4 Å². The van der Waals surface area contributed by atoms with E-state index in [9.17, 15) is 26.4 Å². The molecule has 0 saturated carbocycles. The van der Waals surface area contributed by atoms with E-state index in [0.29, 0.717) is 17.1 Å². The lowest BCUT2D eigenvalue weighted by atomic mass is 9.98. The predicted octanol–water partition coefficient (Wildman–Crippen LogP) is 1.46. The first-order chi connectivity index (χ1) is 13.7. The predicted molar refractivity (Wildman–Crippen MR) is 103 cm³/mol. The SMILES string of the molecule is O=C1c2ccccc2S(=O)(=O)N1C(=O)[C@@H]1CCCN(S(=O)(=O)c2ccccc2)C1. The topological polar surface area (TPSA) is 109 Å². The fourth-order valence-electron chi connectivity index (χ4n) is 3.67. The summed E-state index contributed by atoms with van der Waals surface area (Å²) in [7, 11) is -8.10. The summed E-state index contributed by atoms with van der Waals surface area (Å²) in [5.41, 5.74) is -0.0505. The fourth-order valence-corrected chi connectivity index (χ4v) is 6.80. The highest BCUT2D eigenvalue weighted by Crippen LogP contribution is 2.33. The van der Waals surface area contributed by atoms with Crippen molar-refractivity contribution in [3.8, 4) is 0 Å². The van der Waals surface area contributed by atoms with Gasteiger partial charge in [-0.25, -0.2) is 16.8 Å². The van der Waals surface area contributed by atoms with Crippen molar-refractivity contribution in [2.24, 2.45) is 5.92 Å². The molecule has 0 radical (unpaired) electrons. The number of hydrogen-bond donors (Lipinski definition) is 0. The van der Waals surface area contributed by atoms with Crippen LogP contribution < -0.4 is 0 Å². The van der Waals surface area contributed by atoms with Crippen molar-refractivity contribution in [1.29, 1.82) is 0 Å². The van der Waals surface area contributed by atoms with Gasteiger partial charge in [0.1, 0.15) is 4.90 Å². The maximum absolute atomic E-state index is 13.0. The van der Waals surface area contributed by atoms with E-state index < -0.39 is 37.8 Å². The highest BCUT2D eigenvalue weighted by molar-refractivity contribution is 7.91. The third-order valence-corrected chi connectivity index (χ3v) is 8.75. The van der Waals surface area contributed by atoms with E-state index in [0.717, 1.165) is 0 Å². The van der Waals surface area contributed by atoms with Crippen LogP contribution in [0.25, 0.3) is 0 Å². The van der Waals surface area contributed by atoms with Gasteiger partial charge in [-0.1, -0.05) is 30.3 Å². The summed E-state index contributed by atoms with van der Waals surface area (Å²) in [4.78, 5) is 25.5. The number of imide groups is 1. The zero-order valence-electron chi connectivity index (χ0n) is 15.3. The average Bonchev–Trinajstić information content (AvgIpc) is 2.94. The second kappa shape index (κ2) is 7.05. The Morgan fingerprint density at radius 3 is 2.34 bits per heavy atom. The number of fused-ring (bicyclic) bond motifs is 1. The van der Waals surface area contributed by atoms with Gasteiger partial charge in [0.25, 0.3) is 15.9 Å². The number of sulfonamides is 2. The highest BCUT2D eigenvalue weighted by atomic mass is 32.2. The monoisotopic (exact) mass is 434 g/mol. The zero-order valence-corrected chi connectivity index (χ0v) is 16.9. The van der Waals surface area contributed by atoms with Crippen molar-refractivity contribution in [2.75, 3.05) is 13.1 Å². The van der Waals surface area contributed by atoms with E-state index >= 15 is 0 Å². The van der Waals surface area contributed by atoms with Crippen LogP contribution in [0.3, 0.4) is 0 Å². The summed E-state index contributed by atoms with van der Waals surface area (Å²) in [5.74, 6) is -2.71. The first kappa shape index (κ1) is 19.7. The molecule has 0 spiro atoms. The van der Waals surface area contributed by atoms with Crippen molar-refractivity contribution in [1.82, 2.24) is 8.61 Å². The summed E-state index contributed by atoms with van der Waals surface area (Å²) in [6.45, 7) is 0.0492. The van der Waals surface area contributed by atoms with Crippen LogP contribution in [-0.4, -0.2) is 50.3 Å². The molecule has 2 amide bonds. The van der Waals surface area contributed by atoms with E-state index in [1.54, 1.807) is 18.2 Å². The molecule has 2 aliphatic heterocycles. The van der Waals surface area contributed by atoms with E-state index in [-0.39, 0.29) is 28.4 Å². The molecule has 4 rings (SSSR count). The Morgan fingerprint density at radius 1 is 1.00 bits per heavy atom. The summed E-state index contributed by atoms with van der Waals surface area (Å²) < 4.78 is 52.7. The molecular formula is C19H18N2O6S2. The highest BCUT2D eigenvalue weighted by Gasteiger charge is 2.48. The van der Waals surface area contributed by atoms with Crippen molar-refractivity contribution < 1.29 is 26.4 Å². The largest absolute Gasteiger partial charge is 0.276 e. The third kappa shape index (κ3) is 3.17. The van der Waals surface area contributed by atoms with Crippen LogP contribution >= 0.6 is 0 Å². The van der Waals surface area contributed by atoms with Gasteiger partial charge in [0.05, 0.1) is 16.4 Å². The smallest absolute Gasteiger partial charge is 0.273 e. The van der Waals surface area contributed by atoms with Crippen LogP contribution in [-0.2, 0) is 24.8 Å². The molecule has 0 aromatic heterocycles. The Kier molecular flexibility index (Phi) is 4.80. The van der Waals surface area contributed by atoms with Crippen LogP contribution in [0.2, 0.25) is 0 Å². The molecule has 1 fully saturated rings. The minimum atomic E-state index is -4.28. The molecule has 1 saturated heterocycles. The molecule has 152 valence electrons. The first-order valence-electron chi connectivity index (χ1n) is 9.02. The van der Waals surface area contributed by atoms with Gasteiger partial charge in [0.15, 0.2) is 0 Å². The second-order valence-corrected chi connectivity index (χ2v) is 10.6. The number of rotatable bonds is 3. The maximum atomic E-state index is 13.0. The van der Waals surface area contributed by atoms with Gasteiger partial charge in [0, 0.05) is 13.1 Å². The molecule has 0 bridgehead atoms. The molecule has 1 atom stereocenters. The Balaban J connectivity index is 1.62. The third-order valence-electron chi connectivity index (χ3n) is 5.13. The summed E-state index contributed by atoms with van der Waals surface area (Å²) in [6, 6.07) is 13.5. The molecule has 8 nitrogen and oxygen atoms in total. The second-order valence-electron chi connectivity index (χ2n) is 6.92. The van der Waals surface area contributed by atoms with Crippen LogP contribution in [0, 0.1) is 5.92 Å². The quantitative estimate of drug-likeness (QED) is 0.677. The van der Waals surface area contributed by atoms with E-state index in [1.807, 2.05) is 0 Å². The van der Waals surface area contributed by atoms with Gasteiger partial charge < -0.3 is 0 Å². The van der Waals surface area contributed by atoms with Gasteiger partial charge in [-0.15, -0.1) is 0 Å². The number of carbonyl (C=O) groups excluding carboxylic acids is 2. The van der Waals surface area contributed by atoms with Gasteiger partial charge in [-0.3, -0.25) is 9.59 Å². The molecule has 0 aliphatic carbocycles. The van der Waals surface area contributed by atoms with Crippen LogP contribution in [0.4, 0.5) is 0 Å². The molecule has 2 aromatic rings. The minimum Gasteiger partial charge on any atom is -0.273 e. The lowest BCUT2D eigenvalue weighted by molar-refractivity contribution is -0.129. The zero-order chi connectivity index (χ0) is 20.8. The number of nitrogens with zero attached hydrogens (tertiary/aromatic N) is 2. The summed E-state index contributed by atoms with van der Waals surface area (Å²) in [6.07, 6.45) is 0.687. The first-order valence-corrected chi connectivity index (χ1v) is 11.9. The Hall–Kier alpha value is -2.56. The molecular weight excluding hydrogens is 416 g/mol. The van der Waals surface area contributed by atoms with E-state index in [4.69, 9.17) is 0 Å². The summed E-state index contributed by atoms with van der Waals surface area (Å²) in [5, 5.41) is 0. The molecule has 2 aromatic carbocycles. The van der Waals surface area contributed by atoms with Crippen LogP contribution in [0.5, 0.6) is 0 Å². The molecule has 29 heavy (non-hydrogen) atoms. The number of piperidine rings is 1. The maximum Gasteiger partial charge on any atom is 0.276 e. The number of carbonyl (C=O) groups is 2. The Labute approximate surface area is 168 Å². The lowest BCUT2D eigenvalue weighted by Crippen LogP contribution is -2.48. The Bertz CT molecular complexity index is 1190. The molecule has 2 aliphatic rings. The molecule has 0 N–H and O–H groups in total. The van der Waals surface area contributed by atoms with Gasteiger partial charge in [-0.2, -0.15) is 8.61 Å². The van der Waals surface area contributed by atoms with Gasteiger partial charge >= 0.3 is 0 Å². The average molecular weight is 434 g/mol. The van der Waals surface area contributed by atoms with Crippen molar-refractivity contribution in [3.05, 3.63) is 60.2 Å². The van der Waals surface area contributed by atoms with Crippen molar-refractivity contribution in [3.63, 3.8) is 0 Å². The van der Waals surface area contributed by atoms with Crippen molar-refractivity contribution in [2.45, 2.75) is 22.6 Å².